The summed E-state index contributed by atoms with van der Waals surface area (Å²) >= 11 is 0. The van der Waals surface area contributed by atoms with E-state index in [2.05, 4.69) is 41.2 Å². The highest BCUT2D eigenvalue weighted by molar-refractivity contribution is 5.83. The zero-order valence-electron chi connectivity index (χ0n) is 12.4. The van der Waals surface area contributed by atoms with Crippen molar-refractivity contribution in [3.05, 3.63) is 35.4 Å². The van der Waals surface area contributed by atoms with Crippen molar-refractivity contribution >= 4 is 11.9 Å². The van der Waals surface area contributed by atoms with Gasteiger partial charge in [0, 0.05) is 6.42 Å². The molecular formula is C16H23NO3. The van der Waals surface area contributed by atoms with Crippen molar-refractivity contribution in [1.82, 2.24) is 5.32 Å². The summed E-state index contributed by atoms with van der Waals surface area (Å²) in [5.74, 6) is -0.523. The molecule has 1 aromatic rings. The van der Waals surface area contributed by atoms with Crippen LogP contribution in [0.5, 0.6) is 0 Å². The predicted octanol–water partition coefficient (Wildman–Crippen LogP) is 2.39. The van der Waals surface area contributed by atoms with Crippen molar-refractivity contribution in [2.75, 3.05) is 7.11 Å². The molecule has 0 fully saturated rings. The first-order chi connectivity index (χ1) is 9.52. The molecule has 0 saturated carbocycles. The van der Waals surface area contributed by atoms with Gasteiger partial charge in [0.25, 0.3) is 0 Å². The summed E-state index contributed by atoms with van der Waals surface area (Å²) in [7, 11) is 1.31. The number of carbonyl (C=O) groups is 2. The number of ether oxygens (including phenoxy) is 1. The Kier molecular flexibility index (Phi) is 6.77. The molecular weight excluding hydrogens is 254 g/mol. The molecule has 1 atom stereocenters. The first-order valence-electron chi connectivity index (χ1n) is 6.95. The SMILES string of the molecule is COC(=O)[C@H](C)NC(=O)CCCCc1ccc(C)cc1. The lowest BCUT2D eigenvalue weighted by atomic mass is 10.1. The fraction of sp³-hybridized carbons (Fsp3) is 0.500. The smallest absolute Gasteiger partial charge is 0.328 e. The molecule has 0 aliphatic rings. The van der Waals surface area contributed by atoms with Crippen LogP contribution in [0.3, 0.4) is 0 Å². The standard InChI is InChI=1S/C16H23NO3/c1-12-8-10-14(11-9-12)6-4-5-7-15(18)17-13(2)16(19)20-3/h8-11,13H,4-7H2,1-3H3,(H,17,18)/t13-/m0/s1. The van der Waals surface area contributed by atoms with Crippen LogP contribution in [0.25, 0.3) is 0 Å². The van der Waals surface area contributed by atoms with Gasteiger partial charge in [0.05, 0.1) is 7.11 Å². The Labute approximate surface area is 120 Å². The quantitative estimate of drug-likeness (QED) is 0.615. The third-order valence-corrected chi connectivity index (χ3v) is 3.17. The number of unbranched alkanes of at least 4 members (excludes halogenated alkanes) is 1. The van der Waals surface area contributed by atoms with E-state index in [1.54, 1.807) is 6.92 Å². The minimum atomic E-state index is -0.579. The second-order valence-electron chi connectivity index (χ2n) is 5.01. The Morgan fingerprint density at radius 2 is 1.85 bits per heavy atom. The maximum absolute atomic E-state index is 11.6. The zero-order valence-corrected chi connectivity index (χ0v) is 12.4. The largest absolute Gasteiger partial charge is 0.467 e. The molecule has 0 bridgehead atoms. The number of hydrogen-bond donors (Lipinski definition) is 1. The van der Waals surface area contributed by atoms with E-state index in [-0.39, 0.29) is 5.91 Å². The van der Waals surface area contributed by atoms with E-state index < -0.39 is 12.0 Å². The van der Waals surface area contributed by atoms with Crippen LogP contribution in [0.15, 0.2) is 24.3 Å². The van der Waals surface area contributed by atoms with Gasteiger partial charge in [-0.15, -0.1) is 0 Å². The van der Waals surface area contributed by atoms with Crippen LogP contribution in [0.4, 0.5) is 0 Å². The Morgan fingerprint density at radius 3 is 2.45 bits per heavy atom. The fourth-order valence-corrected chi connectivity index (χ4v) is 1.92. The third-order valence-electron chi connectivity index (χ3n) is 3.17. The summed E-state index contributed by atoms with van der Waals surface area (Å²) in [6.07, 6.45) is 3.18. The van der Waals surface area contributed by atoms with E-state index in [0.717, 1.165) is 19.3 Å². The monoisotopic (exact) mass is 277 g/mol. The van der Waals surface area contributed by atoms with E-state index in [4.69, 9.17) is 0 Å². The lowest BCUT2D eigenvalue weighted by Crippen LogP contribution is -2.39. The van der Waals surface area contributed by atoms with E-state index >= 15 is 0 Å². The summed E-state index contributed by atoms with van der Waals surface area (Å²) in [6, 6.07) is 7.86. The van der Waals surface area contributed by atoms with Crippen molar-refractivity contribution in [1.29, 1.82) is 0 Å². The lowest BCUT2D eigenvalue weighted by molar-refractivity contribution is -0.144. The van der Waals surface area contributed by atoms with E-state index in [9.17, 15) is 9.59 Å². The first kappa shape index (κ1) is 16.2. The molecule has 1 N–H and O–H groups in total. The lowest BCUT2D eigenvalue weighted by Gasteiger charge is -2.11. The Bertz CT molecular complexity index is 440. The summed E-state index contributed by atoms with van der Waals surface area (Å²) in [5, 5.41) is 2.62. The molecule has 0 heterocycles. The number of esters is 1. The maximum Gasteiger partial charge on any atom is 0.328 e. The molecule has 4 nitrogen and oxygen atoms in total. The number of rotatable bonds is 7. The van der Waals surface area contributed by atoms with Gasteiger partial charge in [-0.05, 0) is 38.7 Å². The zero-order chi connectivity index (χ0) is 15.0. The molecule has 110 valence electrons. The van der Waals surface area contributed by atoms with Crippen LogP contribution in [0.2, 0.25) is 0 Å². The van der Waals surface area contributed by atoms with Gasteiger partial charge in [-0.2, -0.15) is 0 Å². The number of hydrogen-bond acceptors (Lipinski definition) is 3. The minimum Gasteiger partial charge on any atom is -0.467 e. The van der Waals surface area contributed by atoms with Gasteiger partial charge >= 0.3 is 5.97 Å². The Balaban J connectivity index is 2.19. The van der Waals surface area contributed by atoms with Crippen LogP contribution in [0.1, 0.15) is 37.3 Å². The highest BCUT2D eigenvalue weighted by Gasteiger charge is 2.14. The van der Waals surface area contributed by atoms with Crippen LogP contribution in [-0.4, -0.2) is 25.0 Å². The second kappa shape index (κ2) is 8.35. The number of carbonyl (C=O) groups excluding carboxylic acids is 2. The van der Waals surface area contributed by atoms with Crippen LogP contribution in [-0.2, 0) is 20.7 Å². The molecule has 0 aliphatic heterocycles. The summed E-state index contributed by atoms with van der Waals surface area (Å²) < 4.78 is 4.55. The van der Waals surface area contributed by atoms with Crippen LogP contribution < -0.4 is 5.32 Å². The molecule has 0 saturated heterocycles. The average molecular weight is 277 g/mol. The minimum absolute atomic E-state index is 0.105. The van der Waals surface area contributed by atoms with Gasteiger partial charge in [0.2, 0.25) is 5.91 Å². The molecule has 1 rings (SSSR count). The van der Waals surface area contributed by atoms with Crippen LogP contribution in [0, 0.1) is 6.92 Å². The Hall–Kier alpha value is -1.84. The third kappa shape index (κ3) is 5.87. The van der Waals surface area contributed by atoms with Crippen LogP contribution >= 0.6 is 0 Å². The number of aryl methyl sites for hydroxylation is 2. The molecule has 20 heavy (non-hydrogen) atoms. The molecule has 1 aromatic carbocycles. The number of amides is 1. The highest BCUT2D eigenvalue weighted by Crippen LogP contribution is 2.08. The molecule has 4 heteroatoms. The van der Waals surface area contributed by atoms with Crippen molar-refractivity contribution in [3.8, 4) is 0 Å². The maximum atomic E-state index is 11.6. The van der Waals surface area contributed by atoms with Gasteiger partial charge in [-0.3, -0.25) is 4.79 Å². The second-order valence-corrected chi connectivity index (χ2v) is 5.01. The van der Waals surface area contributed by atoms with Crippen molar-refractivity contribution in [2.45, 2.75) is 45.6 Å². The van der Waals surface area contributed by atoms with Crippen molar-refractivity contribution in [3.63, 3.8) is 0 Å². The van der Waals surface area contributed by atoms with E-state index in [1.807, 2.05) is 0 Å². The fourth-order valence-electron chi connectivity index (χ4n) is 1.92. The molecule has 0 unspecified atom stereocenters. The van der Waals surface area contributed by atoms with Gasteiger partial charge in [-0.25, -0.2) is 4.79 Å². The molecule has 1 amide bonds. The van der Waals surface area contributed by atoms with Gasteiger partial charge in [0.1, 0.15) is 6.04 Å². The highest BCUT2D eigenvalue weighted by atomic mass is 16.5. The Morgan fingerprint density at radius 1 is 1.20 bits per heavy atom. The summed E-state index contributed by atoms with van der Waals surface area (Å²) in [6.45, 7) is 3.69. The normalized spacial score (nSPS) is 11.8. The number of benzene rings is 1. The topological polar surface area (TPSA) is 55.4 Å². The van der Waals surface area contributed by atoms with Crippen molar-refractivity contribution in [2.24, 2.45) is 0 Å². The first-order valence-corrected chi connectivity index (χ1v) is 6.95. The van der Waals surface area contributed by atoms with Crippen molar-refractivity contribution < 1.29 is 14.3 Å². The number of nitrogens with one attached hydrogen (secondary N) is 1. The van der Waals surface area contributed by atoms with Gasteiger partial charge in [-0.1, -0.05) is 29.8 Å². The molecule has 0 aromatic heterocycles. The van der Waals surface area contributed by atoms with Gasteiger partial charge in [0.15, 0.2) is 0 Å². The summed E-state index contributed by atoms with van der Waals surface area (Å²) in [5.41, 5.74) is 2.55. The number of methoxy groups -OCH3 is 1. The average Bonchev–Trinajstić information content (AvgIpc) is 2.44. The summed E-state index contributed by atoms with van der Waals surface area (Å²) in [4.78, 5) is 22.8. The van der Waals surface area contributed by atoms with E-state index in [0.29, 0.717) is 6.42 Å². The molecule has 0 spiro atoms. The molecule has 0 radical (unpaired) electrons. The predicted molar refractivity (Wildman–Crippen MR) is 78.4 cm³/mol. The molecule has 0 aliphatic carbocycles. The van der Waals surface area contributed by atoms with Gasteiger partial charge < -0.3 is 10.1 Å². The van der Waals surface area contributed by atoms with E-state index in [1.165, 1.54) is 18.2 Å².